The zero-order chi connectivity index (χ0) is 24.7. The summed E-state index contributed by atoms with van der Waals surface area (Å²) in [6.07, 6.45) is 0. The molecule has 2 aliphatic rings. The molecular formula is C33H21O2PS. The molecule has 8 rings (SSSR count). The summed E-state index contributed by atoms with van der Waals surface area (Å²) in [5.41, 5.74) is 3.37. The van der Waals surface area contributed by atoms with Crippen LogP contribution in [-0.4, -0.2) is 0 Å². The van der Waals surface area contributed by atoms with Gasteiger partial charge in [-0.2, -0.15) is 0 Å². The highest BCUT2D eigenvalue weighted by atomic mass is 32.4. The van der Waals surface area contributed by atoms with Crippen LogP contribution in [-0.2, 0) is 11.8 Å². The second-order valence-electron chi connectivity index (χ2n) is 9.77. The molecular weight excluding hydrogens is 491 g/mol. The lowest BCUT2D eigenvalue weighted by molar-refractivity contribution is 0.467. The summed E-state index contributed by atoms with van der Waals surface area (Å²) >= 11 is 6.82. The minimum Gasteiger partial charge on any atom is -0.456 e. The van der Waals surface area contributed by atoms with Crippen molar-refractivity contribution >= 4 is 55.3 Å². The molecule has 176 valence electrons. The van der Waals surface area contributed by atoms with E-state index in [4.69, 9.17) is 21.3 Å². The zero-order valence-corrected chi connectivity index (χ0v) is 21.8. The van der Waals surface area contributed by atoms with E-state index < -0.39 is 6.04 Å². The van der Waals surface area contributed by atoms with Crippen molar-refractivity contribution in [2.75, 3.05) is 0 Å². The van der Waals surface area contributed by atoms with Crippen LogP contribution < -0.4 is 25.4 Å². The van der Waals surface area contributed by atoms with Crippen molar-refractivity contribution in [2.24, 2.45) is 0 Å². The Morgan fingerprint density at radius 3 is 2.05 bits per heavy atom. The van der Waals surface area contributed by atoms with Gasteiger partial charge in [0.05, 0.1) is 11.3 Å². The number of ether oxygens (including phenoxy) is 2. The molecule has 2 heterocycles. The summed E-state index contributed by atoms with van der Waals surface area (Å²) in [6, 6.07) is 35.9. The van der Waals surface area contributed by atoms with E-state index in [0.717, 1.165) is 61.0 Å². The first kappa shape index (κ1) is 21.2. The van der Waals surface area contributed by atoms with E-state index in [1.807, 2.05) is 0 Å². The van der Waals surface area contributed by atoms with Gasteiger partial charge in [0, 0.05) is 10.6 Å². The summed E-state index contributed by atoms with van der Waals surface area (Å²) in [4.78, 5) is 0. The largest absolute Gasteiger partial charge is 0.456 e. The quantitative estimate of drug-likeness (QED) is 0.208. The van der Waals surface area contributed by atoms with Crippen molar-refractivity contribution in [1.29, 1.82) is 0 Å². The molecule has 0 aromatic heterocycles. The number of rotatable bonds is 1. The van der Waals surface area contributed by atoms with Gasteiger partial charge in [-0.1, -0.05) is 90.7 Å². The van der Waals surface area contributed by atoms with Crippen molar-refractivity contribution in [3.05, 3.63) is 115 Å². The summed E-state index contributed by atoms with van der Waals surface area (Å²) < 4.78 is 13.3. The molecule has 6 aromatic rings. The molecule has 0 bridgehead atoms. The van der Waals surface area contributed by atoms with Crippen molar-refractivity contribution in [2.45, 2.75) is 6.92 Å². The van der Waals surface area contributed by atoms with E-state index >= 15 is 0 Å². The molecule has 1 atom stereocenters. The average Bonchev–Trinajstić information content (AvgIpc) is 2.92. The number of hydrogen-bond acceptors (Lipinski definition) is 3. The normalized spacial score (nSPS) is 16.9. The maximum Gasteiger partial charge on any atom is 0.140 e. The Kier molecular flexibility index (Phi) is 4.33. The second-order valence-corrected chi connectivity index (χ2v) is 14.0. The lowest BCUT2D eigenvalue weighted by atomic mass is 9.98. The van der Waals surface area contributed by atoms with Crippen LogP contribution in [0.5, 0.6) is 23.0 Å². The Balaban J connectivity index is 1.48. The van der Waals surface area contributed by atoms with E-state index in [2.05, 4.69) is 116 Å². The first-order valence-electron chi connectivity index (χ1n) is 12.4. The van der Waals surface area contributed by atoms with Crippen molar-refractivity contribution < 1.29 is 9.47 Å². The maximum absolute atomic E-state index is 6.82. The van der Waals surface area contributed by atoms with E-state index in [-0.39, 0.29) is 0 Å². The highest BCUT2D eigenvalue weighted by Crippen LogP contribution is 2.60. The number of benzene rings is 6. The van der Waals surface area contributed by atoms with Crippen LogP contribution in [0.4, 0.5) is 0 Å². The molecule has 0 spiro atoms. The molecule has 0 amide bonds. The van der Waals surface area contributed by atoms with E-state index in [1.165, 1.54) is 16.2 Å². The Morgan fingerprint density at radius 1 is 0.568 bits per heavy atom. The molecule has 0 aliphatic carbocycles. The van der Waals surface area contributed by atoms with Crippen LogP contribution >= 0.6 is 6.04 Å². The number of hydrogen-bond donors (Lipinski definition) is 0. The fourth-order valence-electron chi connectivity index (χ4n) is 5.88. The van der Waals surface area contributed by atoms with Gasteiger partial charge in [0.1, 0.15) is 23.0 Å². The molecule has 37 heavy (non-hydrogen) atoms. The van der Waals surface area contributed by atoms with E-state index in [1.54, 1.807) is 0 Å². The SMILES string of the molecule is Cc1ccc2c(c1)Oc1cc(-c3cccc4ccccc34)cc3c1P2(=S)c1c(ccc2ccccc12)O3. The topological polar surface area (TPSA) is 18.5 Å². The number of fused-ring (bicyclic) bond motifs is 7. The van der Waals surface area contributed by atoms with E-state index in [9.17, 15) is 0 Å². The fourth-order valence-corrected chi connectivity index (χ4v) is 10.7. The Bertz CT molecular complexity index is 1990. The Labute approximate surface area is 220 Å². The first-order chi connectivity index (χ1) is 18.1. The standard InChI is InChI=1S/C33H21O2PS/c1-20-13-16-31-28(17-20)35-30-19-23(25-12-6-9-21-7-2-4-10-24(21)25)18-29-33(30)36(31,37)32-26-11-5-3-8-22(26)14-15-27(32)34-29/h2-19H,1H3. The van der Waals surface area contributed by atoms with Crippen LogP contribution in [0.3, 0.4) is 0 Å². The molecule has 2 nitrogen and oxygen atoms in total. The van der Waals surface area contributed by atoms with Gasteiger partial charge >= 0.3 is 0 Å². The maximum atomic E-state index is 6.82. The molecule has 2 aliphatic heterocycles. The second kappa shape index (κ2) is 7.55. The monoisotopic (exact) mass is 512 g/mol. The van der Waals surface area contributed by atoms with Gasteiger partial charge in [-0.05, 0) is 75.5 Å². The van der Waals surface area contributed by atoms with Crippen molar-refractivity contribution in [3.8, 4) is 34.1 Å². The molecule has 0 N–H and O–H groups in total. The van der Waals surface area contributed by atoms with Gasteiger partial charge in [-0.25, -0.2) is 0 Å². The summed E-state index contributed by atoms with van der Waals surface area (Å²) in [6.45, 7) is 2.10. The van der Waals surface area contributed by atoms with Gasteiger partial charge in [0.25, 0.3) is 0 Å². The molecule has 0 fully saturated rings. The predicted octanol–water partition coefficient (Wildman–Crippen LogP) is 7.94. The lowest BCUT2D eigenvalue weighted by Gasteiger charge is -2.38. The minimum absolute atomic E-state index is 0.803. The first-order valence-corrected chi connectivity index (χ1v) is 15.2. The number of aryl methyl sites for hydroxylation is 1. The minimum atomic E-state index is -2.46. The van der Waals surface area contributed by atoms with Crippen LogP contribution in [0.15, 0.2) is 109 Å². The van der Waals surface area contributed by atoms with Gasteiger partial charge in [0.2, 0.25) is 0 Å². The third-order valence-corrected chi connectivity index (χ3v) is 12.4. The predicted molar refractivity (Wildman–Crippen MR) is 158 cm³/mol. The highest BCUT2D eigenvalue weighted by molar-refractivity contribution is 8.26. The van der Waals surface area contributed by atoms with Crippen molar-refractivity contribution in [1.82, 2.24) is 0 Å². The fraction of sp³-hybridized carbons (Fsp3) is 0.0303. The smallest absolute Gasteiger partial charge is 0.140 e. The van der Waals surface area contributed by atoms with Crippen LogP contribution in [0.2, 0.25) is 0 Å². The van der Waals surface area contributed by atoms with E-state index in [0.29, 0.717) is 0 Å². The zero-order valence-electron chi connectivity index (χ0n) is 20.1. The summed E-state index contributed by atoms with van der Waals surface area (Å²) in [5.74, 6) is 3.32. The average molecular weight is 513 g/mol. The molecule has 0 radical (unpaired) electrons. The summed E-state index contributed by atoms with van der Waals surface area (Å²) in [5, 5.41) is 7.98. The van der Waals surface area contributed by atoms with Gasteiger partial charge in [0.15, 0.2) is 0 Å². The third kappa shape index (κ3) is 2.90. The Hall–Kier alpha value is -3.91. The molecule has 4 heteroatoms. The van der Waals surface area contributed by atoms with Crippen LogP contribution in [0.1, 0.15) is 5.56 Å². The van der Waals surface area contributed by atoms with Crippen LogP contribution in [0.25, 0.3) is 32.7 Å². The van der Waals surface area contributed by atoms with Crippen LogP contribution in [0, 0.1) is 6.92 Å². The molecule has 0 saturated carbocycles. The third-order valence-electron chi connectivity index (χ3n) is 7.53. The molecule has 1 unspecified atom stereocenters. The molecule has 0 saturated heterocycles. The lowest BCUT2D eigenvalue weighted by Crippen LogP contribution is -2.35. The summed E-state index contributed by atoms with van der Waals surface area (Å²) in [7, 11) is 0. The molecule has 6 aromatic carbocycles. The highest BCUT2D eigenvalue weighted by Gasteiger charge is 2.43. The Morgan fingerprint density at radius 2 is 1.24 bits per heavy atom. The van der Waals surface area contributed by atoms with Gasteiger partial charge in [-0.3, -0.25) is 0 Å². The van der Waals surface area contributed by atoms with Gasteiger partial charge < -0.3 is 9.47 Å². The van der Waals surface area contributed by atoms with Crippen molar-refractivity contribution in [3.63, 3.8) is 0 Å². The van der Waals surface area contributed by atoms with Gasteiger partial charge in [-0.15, -0.1) is 0 Å².